The van der Waals surface area contributed by atoms with Crippen LogP contribution in [0.15, 0.2) is 42.9 Å². The van der Waals surface area contributed by atoms with Gasteiger partial charge >= 0.3 is 0 Å². The lowest BCUT2D eigenvalue weighted by molar-refractivity contribution is 0.799. The second-order valence-corrected chi connectivity index (χ2v) is 5.04. The van der Waals surface area contributed by atoms with Gasteiger partial charge in [-0.1, -0.05) is 29.8 Å². The molecule has 5 heteroatoms. The molecular formula is C14H15ClN4. The molecule has 1 aromatic heterocycles. The Morgan fingerprint density at radius 2 is 2.11 bits per heavy atom. The lowest BCUT2D eigenvalue weighted by Crippen LogP contribution is -2.26. The number of nitrogens with zero attached hydrogens (tertiary/aromatic N) is 3. The van der Waals surface area contributed by atoms with Gasteiger partial charge in [0.15, 0.2) is 0 Å². The van der Waals surface area contributed by atoms with E-state index in [1.54, 1.807) is 6.20 Å². The zero-order valence-electron chi connectivity index (χ0n) is 10.5. The summed E-state index contributed by atoms with van der Waals surface area (Å²) < 4.78 is 0. The van der Waals surface area contributed by atoms with Crippen LogP contribution in [-0.2, 0) is 0 Å². The smallest absolute Gasteiger partial charge is 0.148 e. The molecule has 2 aromatic rings. The summed E-state index contributed by atoms with van der Waals surface area (Å²) in [5.41, 5.74) is 1.26. The van der Waals surface area contributed by atoms with E-state index in [-0.39, 0.29) is 0 Å². The summed E-state index contributed by atoms with van der Waals surface area (Å²) in [6.45, 7) is 2.01. The Kier molecular flexibility index (Phi) is 3.51. The summed E-state index contributed by atoms with van der Waals surface area (Å²) in [5.74, 6) is 0.719. The van der Waals surface area contributed by atoms with Crippen LogP contribution in [-0.4, -0.2) is 29.1 Å². The largest absolute Gasteiger partial charge is 0.369 e. The fourth-order valence-corrected chi connectivity index (χ4v) is 2.52. The highest BCUT2D eigenvalue weighted by Gasteiger charge is 2.23. The third-order valence-electron chi connectivity index (χ3n) is 3.32. The van der Waals surface area contributed by atoms with Gasteiger partial charge in [0.2, 0.25) is 0 Å². The molecule has 1 saturated heterocycles. The molecule has 0 bridgehead atoms. The van der Waals surface area contributed by atoms with E-state index in [2.05, 4.69) is 44.5 Å². The third kappa shape index (κ3) is 2.79. The third-order valence-corrected chi connectivity index (χ3v) is 3.59. The first-order valence-corrected chi connectivity index (χ1v) is 6.73. The van der Waals surface area contributed by atoms with Gasteiger partial charge in [-0.05, 0) is 18.6 Å². The minimum atomic E-state index is 0.368. The van der Waals surface area contributed by atoms with Gasteiger partial charge in [0, 0.05) is 24.8 Å². The average Bonchev–Trinajstić information content (AvgIpc) is 2.91. The quantitative estimate of drug-likeness (QED) is 0.934. The van der Waals surface area contributed by atoms with Gasteiger partial charge in [0.25, 0.3) is 0 Å². The van der Waals surface area contributed by atoms with E-state index >= 15 is 0 Å². The highest BCUT2D eigenvalue weighted by Crippen LogP contribution is 2.23. The molecule has 0 radical (unpaired) electrons. The molecular weight excluding hydrogens is 260 g/mol. The van der Waals surface area contributed by atoms with Crippen molar-refractivity contribution in [2.75, 3.05) is 23.3 Å². The van der Waals surface area contributed by atoms with Crippen molar-refractivity contribution < 1.29 is 0 Å². The predicted molar refractivity (Wildman–Crippen MR) is 77.7 cm³/mol. The van der Waals surface area contributed by atoms with Crippen LogP contribution < -0.4 is 10.2 Å². The number of aromatic nitrogens is 2. The number of hydrogen-bond donors (Lipinski definition) is 1. The van der Waals surface area contributed by atoms with E-state index in [1.807, 2.05) is 6.07 Å². The van der Waals surface area contributed by atoms with Crippen LogP contribution >= 0.6 is 11.6 Å². The van der Waals surface area contributed by atoms with Crippen LogP contribution in [0, 0.1) is 0 Å². The Bertz CT molecular complexity index is 546. The van der Waals surface area contributed by atoms with Crippen molar-refractivity contribution in [2.45, 2.75) is 12.5 Å². The first kappa shape index (κ1) is 12.2. The van der Waals surface area contributed by atoms with Crippen molar-refractivity contribution in [1.82, 2.24) is 9.97 Å². The van der Waals surface area contributed by atoms with Crippen molar-refractivity contribution in [3.05, 3.63) is 47.9 Å². The summed E-state index contributed by atoms with van der Waals surface area (Å²) in [6.07, 6.45) is 4.20. The van der Waals surface area contributed by atoms with E-state index in [0.717, 1.165) is 25.3 Å². The fraction of sp³-hybridized carbons (Fsp3) is 0.286. The van der Waals surface area contributed by atoms with Crippen LogP contribution in [0.5, 0.6) is 0 Å². The van der Waals surface area contributed by atoms with Crippen LogP contribution in [0.2, 0.25) is 5.02 Å². The molecule has 0 amide bonds. The van der Waals surface area contributed by atoms with Crippen molar-refractivity contribution in [1.29, 1.82) is 0 Å². The van der Waals surface area contributed by atoms with Gasteiger partial charge in [0.1, 0.15) is 17.2 Å². The van der Waals surface area contributed by atoms with E-state index in [1.165, 1.54) is 12.0 Å². The number of benzene rings is 1. The second-order valence-electron chi connectivity index (χ2n) is 4.63. The lowest BCUT2D eigenvalue weighted by atomic mass is 10.2. The molecule has 3 rings (SSSR count). The van der Waals surface area contributed by atoms with Gasteiger partial charge in [-0.15, -0.1) is 0 Å². The number of nitrogens with one attached hydrogen (secondary N) is 1. The molecule has 1 aromatic carbocycles. The normalized spacial score (nSPS) is 18.6. The van der Waals surface area contributed by atoms with Gasteiger partial charge in [-0.3, -0.25) is 0 Å². The molecule has 98 valence electrons. The van der Waals surface area contributed by atoms with Crippen LogP contribution in [0.3, 0.4) is 0 Å². The molecule has 0 saturated carbocycles. The first-order chi connectivity index (χ1) is 9.33. The van der Waals surface area contributed by atoms with E-state index in [0.29, 0.717) is 11.1 Å². The molecule has 0 aliphatic carbocycles. The maximum absolute atomic E-state index is 6.05. The van der Waals surface area contributed by atoms with E-state index < -0.39 is 0 Å². The Balaban J connectivity index is 1.65. The number of halogens is 1. The second kappa shape index (κ2) is 5.45. The zero-order valence-corrected chi connectivity index (χ0v) is 11.2. The van der Waals surface area contributed by atoms with Crippen molar-refractivity contribution in [3.63, 3.8) is 0 Å². The molecule has 1 aliphatic rings. The molecule has 1 N–H and O–H groups in total. The standard InChI is InChI=1S/C14H15ClN4/c15-13-8-16-10-17-14(13)18-11-6-7-19(9-11)12-4-2-1-3-5-12/h1-5,8,10-11H,6-7,9H2,(H,16,17,18). The molecule has 1 atom stereocenters. The zero-order chi connectivity index (χ0) is 13.1. The highest BCUT2D eigenvalue weighted by molar-refractivity contribution is 6.32. The van der Waals surface area contributed by atoms with E-state index in [4.69, 9.17) is 11.6 Å². The van der Waals surface area contributed by atoms with Crippen molar-refractivity contribution in [3.8, 4) is 0 Å². The number of para-hydroxylation sites is 1. The van der Waals surface area contributed by atoms with Crippen LogP contribution in [0.1, 0.15) is 6.42 Å². The van der Waals surface area contributed by atoms with Gasteiger partial charge in [0.05, 0.1) is 6.20 Å². The Hall–Kier alpha value is -1.81. The number of rotatable bonds is 3. The highest BCUT2D eigenvalue weighted by atomic mass is 35.5. The monoisotopic (exact) mass is 274 g/mol. The summed E-state index contributed by atoms with van der Waals surface area (Å²) in [4.78, 5) is 10.4. The Morgan fingerprint density at radius 3 is 2.89 bits per heavy atom. The minimum absolute atomic E-state index is 0.368. The number of anilines is 2. The summed E-state index contributed by atoms with van der Waals surface area (Å²) >= 11 is 6.05. The Labute approximate surface area is 117 Å². The molecule has 4 nitrogen and oxygen atoms in total. The van der Waals surface area contributed by atoms with Crippen LogP contribution in [0.4, 0.5) is 11.5 Å². The maximum atomic E-state index is 6.05. The van der Waals surface area contributed by atoms with Crippen LogP contribution in [0.25, 0.3) is 0 Å². The van der Waals surface area contributed by atoms with Crippen molar-refractivity contribution >= 4 is 23.1 Å². The molecule has 1 unspecified atom stereocenters. The SMILES string of the molecule is Clc1cncnc1NC1CCN(c2ccccc2)C1. The summed E-state index contributed by atoms with van der Waals surface area (Å²) in [5, 5.41) is 3.95. The van der Waals surface area contributed by atoms with Gasteiger partial charge in [-0.25, -0.2) is 9.97 Å². The van der Waals surface area contributed by atoms with E-state index in [9.17, 15) is 0 Å². The van der Waals surface area contributed by atoms with Gasteiger partial charge in [-0.2, -0.15) is 0 Å². The topological polar surface area (TPSA) is 41.1 Å². The maximum Gasteiger partial charge on any atom is 0.148 e. The fourth-order valence-electron chi connectivity index (χ4n) is 2.36. The molecule has 0 spiro atoms. The molecule has 1 fully saturated rings. The molecule has 2 heterocycles. The molecule has 1 aliphatic heterocycles. The van der Waals surface area contributed by atoms with Gasteiger partial charge < -0.3 is 10.2 Å². The Morgan fingerprint density at radius 1 is 1.26 bits per heavy atom. The molecule has 19 heavy (non-hydrogen) atoms. The summed E-state index contributed by atoms with van der Waals surface area (Å²) in [6, 6.07) is 10.8. The minimum Gasteiger partial charge on any atom is -0.369 e. The van der Waals surface area contributed by atoms with Crippen molar-refractivity contribution in [2.24, 2.45) is 0 Å². The first-order valence-electron chi connectivity index (χ1n) is 6.35. The number of hydrogen-bond acceptors (Lipinski definition) is 4. The lowest BCUT2D eigenvalue weighted by Gasteiger charge is -2.19. The predicted octanol–water partition coefficient (Wildman–Crippen LogP) is 2.82. The average molecular weight is 275 g/mol. The summed E-state index contributed by atoms with van der Waals surface area (Å²) in [7, 11) is 0.